The maximum atomic E-state index is 11.8. The average molecular weight is 293 g/mol. The van der Waals surface area contributed by atoms with Gasteiger partial charge in [-0.2, -0.15) is 0 Å². The average Bonchev–Trinajstić information content (AvgIpc) is 2.44. The molecule has 0 aliphatic heterocycles. The highest BCUT2D eigenvalue weighted by Gasteiger charge is 2.11. The molecule has 0 spiro atoms. The van der Waals surface area contributed by atoms with E-state index in [4.69, 9.17) is 5.11 Å². The van der Waals surface area contributed by atoms with Gasteiger partial charge in [0.2, 0.25) is 5.91 Å². The molecule has 0 bridgehead atoms. The van der Waals surface area contributed by atoms with Gasteiger partial charge >= 0.3 is 12.0 Å². The van der Waals surface area contributed by atoms with Gasteiger partial charge in [0.1, 0.15) is 6.54 Å². The lowest BCUT2D eigenvalue weighted by Crippen LogP contribution is -2.43. The van der Waals surface area contributed by atoms with E-state index in [1.807, 2.05) is 31.2 Å². The first-order valence-electron chi connectivity index (χ1n) is 6.41. The summed E-state index contributed by atoms with van der Waals surface area (Å²) in [7, 11) is 1.62. The van der Waals surface area contributed by atoms with Gasteiger partial charge in [-0.3, -0.25) is 9.59 Å². The van der Waals surface area contributed by atoms with Crippen LogP contribution in [0, 0.1) is 6.92 Å². The molecule has 0 aliphatic rings. The second kappa shape index (κ2) is 7.88. The third-order valence-corrected chi connectivity index (χ3v) is 2.72. The summed E-state index contributed by atoms with van der Waals surface area (Å²) in [4.78, 5) is 34.7. The molecule has 0 aromatic heterocycles. The van der Waals surface area contributed by atoms with E-state index in [0.29, 0.717) is 6.54 Å². The van der Waals surface area contributed by atoms with Crippen molar-refractivity contribution in [3.8, 4) is 0 Å². The quantitative estimate of drug-likeness (QED) is 0.704. The maximum Gasteiger partial charge on any atom is 0.322 e. The molecule has 0 saturated heterocycles. The minimum atomic E-state index is -1.13. The Balaban J connectivity index is 2.35. The number of carboxylic acid groups (broad SMARTS) is 1. The molecule has 0 unspecified atom stereocenters. The lowest BCUT2D eigenvalue weighted by molar-refractivity contribution is -0.137. The lowest BCUT2D eigenvalue weighted by atomic mass is 10.1. The molecule has 1 aromatic rings. The molecule has 7 heteroatoms. The van der Waals surface area contributed by atoms with Gasteiger partial charge in [-0.15, -0.1) is 0 Å². The molecule has 114 valence electrons. The van der Waals surface area contributed by atoms with Crippen LogP contribution >= 0.6 is 0 Å². The highest BCUT2D eigenvalue weighted by molar-refractivity contribution is 5.86. The van der Waals surface area contributed by atoms with Crippen LogP contribution in [0.25, 0.3) is 0 Å². The zero-order chi connectivity index (χ0) is 15.8. The molecular weight excluding hydrogens is 274 g/mol. The molecule has 0 heterocycles. The van der Waals surface area contributed by atoms with Crippen molar-refractivity contribution in [2.24, 2.45) is 0 Å². The summed E-state index contributed by atoms with van der Waals surface area (Å²) >= 11 is 0. The van der Waals surface area contributed by atoms with Gasteiger partial charge in [0.25, 0.3) is 0 Å². The first kappa shape index (κ1) is 16.5. The number of nitrogens with one attached hydrogen (secondary N) is 2. The van der Waals surface area contributed by atoms with Crippen LogP contribution in [0.3, 0.4) is 0 Å². The fraction of sp³-hybridized carbons (Fsp3) is 0.357. The van der Waals surface area contributed by atoms with Crippen molar-refractivity contribution < 1.29 is 19.5 Å². The summed E-state index contributed by atoms with van der Waals surface area (Å²) in [5.41, 5.74) is 2.12. The number of carbonyl (C=O) groups excluding carboxylic acids is 2. The van der Waals surface area contributed by atoms with Gasteiger partial charge in [-0.1, -0.05) is 29.8 Å². The number of amides is 3. The Hall–Kier alpha value is -2.57. The molecule has 0 aliphatic carbocycles. The predicted molar refractivity (Wildman–Crippen MR) is 76.7 cm³/mol. The van der Waals surface area contributed by atoms with Crippen molar-refractivity contribution in [1.29, 1.82) is 0 Å². The van der Waals surface area contributed by atoms with Crippen LogP contribution in [-0.4, -0.2) is 48.1 Å². The van der Waals surface area contributed by atoms with E-state index in [1.54, 1.807) is 7.05 Å². The van der Waals surface area contributed by atoms with Gasteiger partial charge in [0, 0.05) is 13.6 Å². The summed E-state index contributed by atoms with van der Waals surface area (Å²) in [5, 5.41) is 13.0. The predicted octanol–water partition coefficient (Wildman–Crippen LogP) is 0.337. The normalized spacial score (nSPS) is 9.81. The van der Waals surface area contributed by atoms with E-state index in [2.05, 4.69) is 10.6 Å². The Morgan fingerprint density at radius 3 is 2.29 bits per heavy atom. The van der Waals surface area contributed by atoms with Crippen LogP contribution in [0.5, 0.6) is 0 Å². The van der Waals surface area contributed by atoms with Crippen molar-refractivity contribution in [3.05, 3.63) is 35.4 Å². The Kier molecular flexibility index (Phi) is 6.19. The smallest absolute Gasteiger partial charge is 0.322 e. The second-order valence-corrected chi connectivity index (χ2v) is 4.67. The van der Waals surface area contributed by atoms with Crippen LogP contribution in [0.15, 0.2) is 24.3 Å². The number of urea groups is 1. The number of hydrogen-bond donors (Lipinski definition) is 3. The number of rotatable bonds is 6. The van der Waals surface area contributed by atoms with Gasteiger partial charge in [0.05, 0.1) is 6.54 Å². The highest BCUT2D eigenvalue weighted by Crippen LogP contribution is 2.05. The minimum absolute atomic E-state index is 0.260. The van der Waals surface area contributed by atoms with Crippen molar-refractivity contribution in [2.45, 2.75) is 13.5 Å². The number of aliphatic carboxylic acids is 1. The van der Waals surface area contributed by atoms with Crippen molar-refractivity contribution in [1.82, 2.24) is 15.5 Å². The third-order valence-electron chi connectivity index (χ3n) is 2.72. The number of aryl methyl sites for hydroxylation is 1. The van der Waals surface area contributed by atoms with Crippen LogP contribution in [0.2, 0.25) is 0 Å². The molecule has 1 aromatic carbocycles. The van der Waals surface area contributed by atoms with E-state index < -0.39 is 24.5 Å². The van der Waals surface area contributed by atoms with Crippen molar-refractivity contribution in [2.75, 3.05) is 20.1 Å². The minimum Gasteiger partial charge on any atom is -0.480 e. The van der Waals surface area contributed by atoms with Crippen molar-refractivity contribution in [3.63, 3.8) is 0 Å². The molecule has 3 amide bonds. The maximum absolute atomic E-state index is 11.8. The molecule has 7 nitrogen and oxygen atoms in total. The second-order valence-electron chi connectivity index (χ2n) is 4.67. The highest BCUT2D eigenvalue weighted by atomic mass is 16.4. The van der Waals surface area contributed by atoms with Crippen molar-refractivity contribution >= 4 is 17.9 Å². The van der Waals surface area contributed by atoms with Gasteiger partial charge in [-0.05, 0) is 12.5 Å². The van der Waals surface area contributed by atoms with Crippen LogP contribution < -0.4 is 10.6 Å². The van der Waals surface area contributed by atoms with Crippen LogP contribution in [0.1, 0.15) is 11.1 Å². The summed E-state index contributed by atoms with van der Waals surface area (Å²) in [6.07, 6.45) is 0. The van der Waals surface area contributed by atoms with E-state index in [-0.39, 0.29) is 6.54 Å². The Morgan fingerprint density at radius 2 is 1.71 bits per heavy atom. The van der Waals surface area contributed by atoms with E-state index >= 15 is 0 Å². The summed E-state index contributed by atoms with van der Waals surface area (Å²) in [6, 6.07) is 7.37. The number of hydrogen-bond acceptors (Lipinski definition) is 3. The Bertz CT molecular complexity index is 513. The standard InChI is InChI=1S/C14H19N3O4/c1-10-3-5-11(6-4-10)9-17(2)14(21)16-7-12(18)15-8-13(19)20/h3-6H,7-9H2,1-2H3,(H,15,18)(H,16,21)(H,19,20). The zero-order valence-corrected chi connectivity index (χ0v) is 12.0. The molecule has 0 saturated carbocycles. The first-order valence-corrected chi connectivity index (χ1v) is 6.41. The fourth-order valence-electron chi connectivity index (χ4n) is 1.57. The fourth-order valence-corrected chi connectivity index (χ4v) is 1.57. The topological polar surface area (TPSA) is 98.7 Å². The summed E-state index contributed by atoms with van der Waals surface area (Å²) in [5.74, 6) is -1.68. The van der Waals surface area contributed by atoms with E-state index in [9.17, 15) is 14.4 Å². The molecule has 0 fully saturated rings. The third kappa shape index (κ3) is 6.42. The molecule has 1 rings (SSSR count). The van der Waals surface area contributed by atoms with E-state index in [0.717, 1.165) is 11.1 Å². The van der Waals surface area contributed by atoms with Crippen LogP contribution in [-0.2, 0) is 16.1 Å². The summed E-state index contributed by atoms with van der Waals surface area (Å²) < 4.78 is 0. The van der Waals surface area contributed by atoms with Gasteiger partial charge in [0.15, 0.2) is 0 Å². The van der Waals surface area contributed by atoms with E-state index in [1.165, 1.54) is 4.90 Å². The largest absolute Gasteiger partial charge is 0.480 e. The SMILES string of the molecule is Cc1ccc(CN(C)C(=O)NCC(=O)NCC(=O)O)cc1. The lowest BCUT2D eigenvalue weighted by Gasteiger charge is -2.18. The number of benzene rings is 1. The Labute approximate surface area is 122 Å². The zero-order valence-electron chi connectivity index (χ0n) is 12.0. The number of carbonyl (C=O) groups is 3. The molecule has 0 atom stereocenters. The molecular formula is C14H19N3O4. The number of carboxylic acids is 1. The van der Waals surface area contributed by atoms with Gasteiger partial charge < -0.3 is 20.6 Å². The molecule has 21 heavy (non-hydrogen) atoms. The summed E-state index contributed by atoms with van der Waals surface area (Å²) in [6.45, 7) is 1.68. The first-order chi connectivity index (χ1) is 9.88. The monoisotopic (exact) mass is 293 g/mol. The van der Waals surface area contributed by atoms with Crippen LogP contribution in [0.4, 0.5) is 4.79 Å². The Morgan fingerprint density at radius 1 is 1.10 bits per heavy atom. The molecule has 3 N–H and O–H groups in total. The van der Waals surface area contributed by atoms with Gasteiger partial charge in [-0.25, -0.2) is 4.79 Å². The molecule has 0 radical (unpaired) electrons. The number of nitrogens with zero attached hydrogens (tertiary/aromatic N) is 1.